The summed E-state index contributed by atoms with van der Waals surface area (Å²) in [7, 11) is 1.80. The van der Waals surface area contributed by atoms with Crippen molar-refractivity contribution in [3.63, 3.8) is 0 Å². The van der Waals surface area contributed by atoms with Crippen LogP contribution in [0.3, 0.4) is 0 Å². The first-order valence-electron chi connectivity index (χ1n) is 6.25. The molecule has 1 aromatic carbocycles. The predicted octanol–water partition coefficient (Wildman–Crippen LogP) is 3.33. The van der Waals surface area contributed by atoms with E-state index < -0.39 is 0 Å². The summed E-state index contributed by atoms with van der Waals surface area (Å²) in [5.74, 6) is 2.47. The van der Waals surface area contributed by atoms with E-state index in [4.69, 9.17) is 4.74 Å². The minimum Gasteiger partial charge on any atom is -0.439 e. The molecule has 1 heterocycles. The van der Waals surface area contributed by atoms with Crippen molar-refractivity contribution in [1.29, 1.82) is 0 Å². The first kappa shape index (κ1) is 11.9. The Morgan fingerprint density at radius 2 is 2.11 bits per heavy atom. The topological polar surface area (TPSA) is 47.0 Å². The fraction of sp³-hybridized carbons (Fsp3) is 0.286. The fourth-order valence-corrected chi connectivity index (χ4v) is 1.80. The number of nitrogens with one attached hydrogen (secondary N) is 1. The minimum atomic E-state index is -0.331. The molecule has 0 unspecified atom stereocenters. The zero-order valence-electron chi connectivity index (χ0n) is 10.6. The van der Waals surface area contributed by atoms with E-state index in [0.717, 1.165) is 18.7 Å². The van der Waals surface area contributed by atoms with Gasteiger partial charge in [-0.05, 0) is 25.0 Å². The highest BCUT2D eigenvalue weighted by atomic mass is 19.1. The molecule has 4 nitrogen and oxygen atoms in total. The number of nitrogens with zero attached hydrogens (tertiary/aromatic N) is 2. The minimum absolute atomic E-state index is 0.331. The Kier molecular flexibility index (Phi) is 3.03. The van der Waals surface area contributed by atoms with E-state index in [9.17, 15) is 4.39 Å². The van der Waals surface area contributed by atoms with Gasteiger partial charge >= 0.3 is 0 Å². The molecular formula is C14H14FN3O. The predicted molar refractivity (Wildman–Crippen MR) is 70.0 cm³/mol. The summed E-state index contributed by atoms with van der Waals surface area (Å²) in [6.07, 6.45) is 2.24. The molecule has 0 saturated heterocycles. The molecule has 0 atom stereocenters. The average Bonchev–Trinajstić information content (AvgIpc) is 3.22. The Morgan fingerprint density at radius 1 is 1.26 bits per heavy atom. The summed E-state index contributed by atoms with van der Waals surface area (Å²) in [5.41, 5.74) is 0. The number of rotatable bonds is 4. The summed E-state index contributed by atoms with van der Waals surface area (Å²) >= 11 is 0. The van der Waals surface area contributed by atoms with Gasteiger partial charge in [-0.1, -0.05) is 6.07 Å². The van der Waals surface area contributed by atoms with Crippen LogP contribution in [-0.4, -0.2) is 17.0 Å². The van der Waals surface area contributed by atoms with Crippen LogP contribution in [0.25, 0.3) is 0 Å². The van der Waals surface area contributed by atoms with E-state index in [2.05, 4.69) is 15.3 Å². The molecule has 1 aliphatic carbocycles. The second kappa shape index (κ2) is 4.84. The molecule has 1 aromatic heterocycles. The lowest BCUT2D eigenvalue weighted by molar-refractivity contribution is 0.454. The van der Waals surface area contributed by atoms with Crippen LogP contribution in [0.2, 0.25) is 0 Å². The van der Waals surface area contributed by atoms with E-state index in [-0.39, 0.29) is 5.82 Å². The van der Waals surface area contributed by atoms with Crippen molar-refractivity contribution >= 4 is 5.82 Å². The summed E-state index contributed by atoms with van der Waals surface area (Å²) in [6.45, 7) is 0. The van der Waals surface area contributed by atoms with Crippen LogP contribution in [-0.2, 0) is 0 Å². The fourth-order valence-electron chi connectivity index (χ4n) is 1.80. The van der Waals surface area contributed by atoms with Gasteiger partial charge in [-0.3, -0.25) is 0 Å². The smallest absolute Gasteiger partial charge is 0.224 e. The molecule has 5 heteroatoms. The van der Waals surface area contributed by atoms with E-state index >= 15 is 0 Å². The third-order valence-corrected chi connectivity index (χ3v) is 2.94. The monoisotopic (exact) mass is 259 g/mol. The van der Waals surface area contributed by atoms with Crippen molar-refractivity contribution < 1.29 is 9.13 Å². The second-order valence-electron chi connectivity index (χ2n) is 4.53. The second-order valence-corrected chi connectivity index (χ2v) is 4.53. The van der Waals surface area contributed by atoms with Crippen LogP contribution in [0.15, 0.2) is 30.3 Å². The summed E-state index contributed by atoms with van der Waals surface area (Å²) in [4.78, 5) is 8.77. The summed E-state index contributed by atoms with van der Waals surface area (Å²) in [5, 5.41) is 2.98. The molecule has 3 rings (SSSR count). The Labute approximate surface area is 110 Å². The van der Waals surface area contributed by atoms with Crippen LogP contribution >= 0.6 is 0 Å². The van der Waals surface area contributed by atoms with Gasteiger partial charge < -0.3 is 10.1 Å². The Hall–Kier alpha value is -2.17. The van der Waals surface area contributed by atoms with Gasteiger partial charge in [-0.15, -0.1) is 0 Å². The number of hydrogen-bond acceptors (Lipinski definition) is 4. The maximum atomic E-state index is 13.1. The van der Waals surface area contributed by atoms with Gasteiger partial charge in [-0.25, -0.2) is 9.37 Å². The van der Waals surface area contributed by atoms with Gasteiger partial charge in [0.1, 0.15) is 23.2 Å². The van der Waals surface area contributed by atoms with Crippen molar-refractivity contribution in [3.05, 3.63) is 42.0 Å². The van der Waals surface area contributed by atoms with Crippen LogP contribution in [0.1, 0.15) is 24.6 Å². The van der Waals surface area contributed by atoms with Crippen LogP contribution in [0, 0.1) is 5.82 Å². The van der Waals surface area contributed by atoms with E-state index in [0.29, 0.717) is 23.4 Å². The van der Waals surface area contributed by atoms with E-state index in [1.165, 1.54) is 12.1 Å². The lowest BCUT2D eigenvalue weighted by Gasteiger charge is -2.08. The van der Waals surface area contributed by atoms with Crippen molar-refractivity contribution in [2.45, 2.75) is 18.8 Å². The summed E-state index contributed by atoms with van der Waals surface area (Å²) < 4.78 is 18.7. The molecule has 1 fully saturated rings. The molecular weight excluding hydrogens is 245 g/mol. The van der Waals surface area contributed by atoms with Crippen molar-refractivity contribution in [1.82, 2.24) is 9.97 Å². The maximum Gasteiger partial charge on any atom is 0.224 e. The maximum absolute atomic E-state index is 13.1. The van der Waals surface area contributed by atoms with E-state index in [1.54, 1.807) is 25.2 Å². The van der Waals surface area contributed by atoms with Crippen LogP contribution in [0.5, 0.6) is 11.6 Å². The standard InChI is InChI=1S/C14H14FN3O/c1-16-12-8-13(18-14(17-12)9-5-6-9)19-11-4-2-3-10(15)7-11/h2-4,7-9H,5-6H2,1H3,(H,16,17,18). The quantitative estimate of drug-likeness (QED) is 0.914. The third-order valence-electron chi connectivity index (χ3n) is 2.94. The van der Waals surface area contributed by atoms with Gasteiger partial charge in [0.25, 0.3) is 0 Å². The lowest BCUT2D eigenvalue weighted by atomic mass is 10.3. The van der Waals surface area contributed by atoms with Crippen molar-refractivity contribution in [2.24, 2.45) is 0 Å². The highest BCUT2D eigenvalue weighted by molar-refractivity contribution is 5.40. The van der Waals surface area contributed by atoms with Gasteiger partial charge in [-0.2, -0.15) is 4.98 Å². The van der Waals surface area contributed by atoms with Gasteiger partial charge in [0.05, 0.1) is 0 Å². The largest absolute Gasteiger partial charge is 0.439 e. The molecule has 1 N–H and O–H groups in total. The number of anilines is 1. The molecule has 0 aliphatic heterocycles. The Balaban J connectivity index is 1.89. The highest BCUT2D eigenvalue weighted by Gasteiger charge is 2.27. The number of halogens is 1. The molecule has 0 radical (unpaired) electrons. The zero-order valence-corrected chi connectivity index (χ0v) is 10.6. The Morgan fingerprint density at radius 3 is 2.79 bits per heavy atom. The van der Waals surface area contributed by atoms with E-state index in [1.807, 2.05) is 0 Å². The van der Waals surface area contributed by atoms with Gasteiger partial charge in [0, 0.05) is 25.1 Å². The third kappa shape index (κ3) is 2.81. The molecule has 0 spiro atoms. The number of ether oxygens (including phenoxy) is 1. The first-order valence-corrected chi connectivity index (χ1v) is 6.25. The SMILES string of the molecule is CNc1cc(Oc2cccc(F)c2)nc(C2CC2)n1. The normalized spacial score (nSPS) is 14.2. The molecule has 2 aromatic rings. The van der Waals surface area contributed by atoms with Crippen LogP contribution < -0.4 is 10.1 Å². The molecule has 1 saturated carbocycles. The zero-order chi connectivity index (χ0) is 13.2. The first-order chi connectivity index (χ1) is 9.24. The molecule has 0 amide bonds. The molecule has 98 valence electrons. The molecule has 1 aliphatic rings. The van der Waals surface area contributed by atoms with Crippen LogP contribution in [0.4, 0.5) is 10.2 Å². The van der Waals surface area contributed by atoms with Gasteiger partial charge in [0.15, 0.2) is 0 Å². The molecule has 19 heavy (non-hydrogen) atoms. The van der Waals surface area contributed by atoms with Gasteiger partial charge in [0.2, 0.25) is 5.88 Å². The highest BCUT2D eigenvalue weighted by Crippen LogP contribution is 2.39. The average molecular weight is 259 g/mol. The number of hydrogen-bond donors (Lipinski definition) is 1. The van der Waals surface area contributed by atoms with Crippen molar-refractivity contribution in [2.75, 3.05) is 12.4 Å². The Bertz CT molecular complexity index is 599. The number of aromatic nitrogens is 2. The number of benzene rings is 1. The summed E-state index contributed by atoms with van der Waals surface area (Å²) in [6, 6.07) is 7.71. The molecule has 0 bridgehead atoms. The lowest BCUT2D eigenvalue weighted by Crippen LogP contribution is -2.01. The van der Waals surface area contributed by atoms with Crippen molar-refractivity contribution in [3.8, 4) is 11.6 Å².